The summed E-state index contributed by atoms with van der Waals surface area (Å²) >= 11 is 5.43. The van der Waals surface area contributed by atoms with E-state index in [1.165, 1.54) is 0 Å². The molecule has 1 heterocycles. The number of amides is 1. The van der Waals surface area contributed by atoms with Crippen LogP contribution in [0.25, 0.3) is 0 Å². The maximum Gasteiger partial charge on any atom is 0.235 e. The van der Waals surface area contributed by atoms with Crippen molar-refractivity contribution in [3.8, 4) is 0 Å². The summed E-state index contributed by atoms with van der Waals surface area (Å²) in [5, 5.41) is 2.93. The van der Waals surface area contributed by atoms with Crippen molar-refractivity contribution >= 4 is 17.5 Å². The topological polar surface area (TPSA) is 38.3 Å². The average molecular weight is 202 g/mol. The van der Waals surface area contributed by atoms with Crippen LogP contribution < -0.4 is 5.32 Å². The van der Waals surface area contributed by atoms with Crippen LogP contribution >= 0.6 is 11.6 Å². The maximum absolute atomic E-state index is 11.1. The number of fused-ring (bicyclic) bond motifs is 2. The molecule has 3 nitrogen and oxygen atoms in total. The predicted octanol–water partition coefficient (Wildman–Crippen LogP) is 0.829. The molecule has 0 aromatic rings. The molecule has 0 aromatic heterocycles. The molecule has 0 spiro atoms. The molecule has 1 aliphatic carbocycles. The molecule has 2 aliphatic rings. The summed E-state index contributed by atoms with van der Waals surface area (Å²) in [6.45, 7) is 0.604. The smallest absolute Gasteiger partial charge is 0.235 e. The Hall–Kier alpha value is -0.540. The van der Waals surface area contributed by atoms with Gasteiger partial charge >= 0.3 is 0 Å². The molecule has 13 heavy (non-hydrogen) atoms. The number of alkyl halides is 1. The fraction of sp³-hybridized carbons (Fsp3) is 0.667. The van der Waals surface area contributed by atoms with Crippen LogP contribution in [0.1, 0.15) is 12.8 Å². The first kappa shape index (κ1) is 9.03. The minimum atomic E-state index is -0.175. The van der Waals surface area contributed by atoms with Gasteiger partial charge in [0.15, 0.2) is 0 Å². The average Bonchev–Trinajstić information content (AvgIpc) is 2.42. The minimum Gasteiger partial charge on any atom is -0.372 e. The second-order valence-electron chi connectivity index (χ2n) is 3.65. The van der Waals surface area contributed by atoms with E-state index in [9.17, 15) is 4.79 Å². The fourth-order valence-electron chi connectivity index (χ4n) is 1.95. The maximum atomic E-state index is 11.1. The molecule has 4 heteroatoms. The number of nitrogens with one attached hydrogen (secondary N) is 1. The second kappa shape index (κ2) is 3.31. The van der Waals surface area contributed by atoms with Crippen LogP contribution in [-0.2, 0) is 9.53 Å². The van der Waals surface area contributed by atoms with Crippen molar-refractivity contribution in [2.45, 2.75) is 24.5 Å². The summed E-state index contributed by atoms with van der Waals surface area (Å²) in [6, 6.07) is 0. The lowest BCUT2D eigenvalue weighted by Crippen LogP contribution is -2.50. The van der Waals surface area contributed by atoms with E-state index in [2.05, 4.69) is 17.5 Å². The predicted molar refractivity (Wildman–Crippen MR) is 49.7 cm³/mol. The van der Waals surface area contributed by atoms with Crippen molar-refractivity contribution in [2.24, 2.45) is 0 Å². The zero-order valence-electron chi connectivity index (χ0n) is 7.25. The van der Waals surface area contributed by atoms with Crippen molar-refractivity contribution in [2.75, 3.05) is 12.5 Å². The van der Waals surface area contributed by atoms with E-state index in [4.69, 9.17) is 16.3 Å². The summed E-state index contributed by atoms with van der Waals surface area (Å²) in [5.41, 5.74) is -0.175. The van der Waals surface area contributed by atoms with Gasteiger partial charge < -0.3 is 10.1 Å². The molecule has 0 aromatic carbocycles. The lowest BCUT2D eigenvalue weighted by Gasteiger charge is -2.28. The largest absolute Gasteiger partial charge is 0.372 e. The van der Waals surface area contributed by atoms with E-state index in [0.717, 1.165) is 12.8 Å². The Morgan fingerprint density at radius 3 is 3.38 bits per heavy atom. The Labute approximate surface area is 82.1 Å². The van der Waals surface area contributed by atoms with E-state index in [0.29, 0.717) is 6.61 Å². The number of carbonyl (C=O) groups excluding carboxylic acids is 1. The summed E-state index contributed by atoms with van der Waals surface area (Å²) in [6.07, 6.45) is 6.04. The molecule has 0 saturated carbocycles. The Morgan fingerprint density at radius 1 is 1.77 bits per heavy atom. The Balaban J connectivity index is 2.04. The molecule has 2 unspecified atom stereocenters. The van der Waals surface area contributed by atoms with E-state index in [1.54, 1.807) is 0 Å². The molecule has 2 atom stereocenters. The SMILES string of the molecule is O=C(CCl)NC12CC=CC(C1)OC2. The van der Waals surface area contributed by atoms with Crippen LogP contribution in [0.3, 0.4) is 0 Å². The van der Waals surface area contributed by atoms with Gasteiger partial charge in [-0.15, -0.1) is 11.6 Å². The summed E-state index contributed by atoms with van der Waals surface area (Å²) in [4.78, 5) is 11.1. The number of halogens is 1. The van der Waals surface area contributed by atoms with Crippen molar-refractivity contribution < 1.29 is 9.53 Å². The van der Waals surface area contributed by atoms with Crippen molar-refractivity contribution in [3.05, 3.63) is 12.2 Å². The molecule has 2 bridgehead atoms. The number of hydrogen-bond acceptors (Lipinski definition) is 2. The molecular weight excluding hydrogens is 190 g/mol. The molecule has 1 fully saturated rings. The summed E-state index contributed by atoms with van der Waals surface area (Å²) in [7, 11) is 0. The number of carbonyl (C=O) groups is 1. The van der Waals surface area contributed by atoms with Crippen molar-refractivity contribution in [1.29, 1.82) is 0 Å². The van der Waals surface area contributed by atoms with Gasteiger partial charge in [0.25, 0.3) is 0 Å². The number of ether oxygens (including phenoxy) is 1. The summed E-state index contributed by atoms with van der Waals surface area (Å²) < 4.78 is 5.48. The molecular formula is C9H12ClNO2. The van der Waals surface area contributed by atoms with Crippen LogP contribution in [0, 0.1) is 0 Å². The fourth-order valence-corrected chi connectivity index (χ4v) is 2.01. The van der Waals surface area contributed by atoms with E-state index >= 15 is 0 Å². The molecule has 1 N–H and O–H groups in total. The minimum absolute atomic E-state index is 0.0239. The number of hydrogen-bond donors (Lipinski definition) is 1. The highest BCUT2D eigenvalue weighted by molar-refractivity contribution is 6.27. The van der Waals surface area contributed by atoms with Gasteiger partial charge in [0.05, 0.1) is 18.2 Å². The number of rotatable bonds is 2. The van der Waals surface area contributed by atoms with Gasteiger partial charge in [-0.25, -0.2) is 0 Å². The molecule has 1 amide bonds. The molecule has 1 saturated heterocycles. The van der Waals surface area contributed by atoms with E-state index in [1.807, 2.05) is 0 Å². The van der Waals surface area contributed by atoms with Crippen LogP contribution in [0.4, 0.5) is 0 Å². The Morgan fingerprint density at radius 2 is 2.62 bits per heavy atom. The van der Waals surface area contributed by atoms with Gasteiger partial charge in [0.1, 0.15) is 5.88 Å². The van der Waals surface area contributed by atoms with Gasteiger partial charge in [0, 0.05) is 6.42 Å². The van der Waals surface area contributed by atoms with E-state index < -0.39 is 0 Å². The van der Waals surface area contributed by atoms with E-state index in [-0.39, 0.29) is 23.4 Å². The first-order valence-corrected chi connectivity index (χ1v) is 4.93. The second-order valence-corrected chi connectivity index (χ2v) is 3.92. The van der Waals surface area contributed by atoms with Gasteiger partial charge in [-0.1, -0.05) is 12.2 Å². The standard InChI is InChI=1S/C9H12ClNO2/c10-5-8(12)11-9-3-1-2-7(4-9)13-6-9/h1-2,7H,3-6H2,(H,11,12). The molecule has 2 rings (SSSR count). The van der Waals surface area contributed by atoms with Gasteiger partial charge in [0.2, 0.25) is 5.91 Å². The van der Waals surface area contributed by atoms with Crippen LogP contribution in [-0.4, -0.2) is 30.0 Å². The van der Waals surface area contributed by atoms with Gasteiger partial charge in [-0.3, -0.25) is 4.79 Å². The molecule has 0 radical (unpaired) electrons. The quantitative estimate of drug-likeness (QED) is 0.531. The van der Waals surface area contributed by atoms with Gasteiger partial charge in [-0.2, -0.15) is 0 Å². The lowest BCUT2D eigenvalue weighted by atomic mass is 9.88. The third-order valence-corrected chi connectivity index (χ3v) is 2.79. The first-order valence-electron chi connectivity index (χ1n) is 4.39. The third-order valence-electron chi connectivity index (χ3n) is 2.55. The monoisotopic (exact) mass is 201 g/mol. The van der Waals surface area contributed by atoms with Crippen LogP contribution in [0.2, 0.25) is 0 Å². The highest BCUT2D eigenvalue weighted by Gasteiger charge is 2.41. The van der Waals surface area contributed by atoms with Crippen molar-refractivity contribution in [1.82, 2.24) is 5.32 Å². The molecule has 1 aliphatic heterocycles. The highest BCUT2D eigenvalue weighted by atomic mass is 35.5. The summed E-state index contributed by atoms with van der Waals surface area (Å²) in [5.74, 6) is -0.0860. The third kappa shape index (κ3) is 1.71. The first-order chi connectivity index (χ1) is 6.24. The van der Waals surface area contributed by atoms with Crippen molar-refractivity contribution in [3.63, 3.8) is 0 Å². The normalized spacial score (nSPS) is 36.2. The van der Waals surface area contributed by atoms with Crippen LogP contribution in [0.15, 0.2) is 12.2 Å². The Kier molecular flexibility index (Phi) is 2.30. The molecule has 72 valence electrons. The highest BCUT2D eigenvalue weighted by Crippen LogP contribution is 2.32. The zero-order valence-corrected chi connectivity index (χ0v) is 8.01. The Bertz CT molecular complexity index is 254. The zero-order chi connectivity index (χ0) is 9.31. The van der Waals surface area contributed by atoms with Gasteiger partial charge in [-0.05, 0) is 6.42 Å². The van der Waals surface area contributed by atoms with Crippen LogP contribution in [0.5, 0.6) is 0 Å². The lowest BCUT2D eigenvalue weighted by molar-refractivity contribution is -0.120.